The minimum Gasteiger partial charge on any atom is -0.364 e. The predicted molar refractivity (Wildman–Crippen MR) is 91.4 cm³/mol. The van der Waals surface area contributed by atoms with Crippen molar-refractivity contribution in [3.8, 4) is 0 Å². The fraction of sp³-hybridized carbons (Fsp3) is 0.556. The van der Waals surface area contributed by atoms with E-state index in [2.05, 4.69) is 19.2 Å². The number of rotatable bonds is 6. The van der Waals surface area contributed by atoms with Crippen molar-refractivity contribution in [1.82, 2.24) is 0 Å². The van der Waals surface area contributed by atoms with Crippen molar-refractivity contribution in [3.05, 3.63) is 23.8 Å². The summed E-state index contributed by atoms with van der Waals surface area (Å²) in [7, 11) is 1.58. The molecule has 1 N–H and O–H groups in total. The van der Waals surface area contributed by atoms with Crippen molar-refractivity contribution in [2.45, 2.75) is 40.0 Å². The van der Waals surface area contributed by atoms with Crippen molar-refractivity contribution in [2.24, 2.45) is 11.8 Å². The molecule has 1 heterocycles. The van der Waals surface area contributed by atoms with E-state index in [4.69, 9.17) is 4.74 Å². The molecule has 0 spiro atoms. The second-order valence-corrected chi connectivity index (χ2v) is 6.25. The Bertz CT molecular complexity index is 586. The number of carbonyl (C=O) groups is 2. The average molecular weight is 318 g/mol. The third-order valence-electron chi connectivity index (χ3n) is 4.72. The van der Waals surface area contributed by atoms with Crippen LogP contribution in [0, 0.1) is 11.8 Å². The normalized spacial score (nSPS) is 16.7. The number of nitrogens with one attached hydrogen (secondary N) is 1. The molecule has 2 rings (SSSR count). The van der Waals surface area contributed by atoms with E-state index in [9.17, 15) is 9.59 Å². The molecule has 0 saturated carbocycles. The number of aryl methyl sites for hydroxylation is 1. The van der Waals surface area contributed by atoms with Crippen LogP contribution in [-0.2, 0) is 20.7 Å². The fourth-order valence-corrected chi connectivity index (χ4v) is 2.78. The molecular weight excluding hydrogens is 292 g/mol. The summed E-state index contributed by atoms with van der Waals surface area (Å²) in [6.45, 7) is 6.39. The summed E-state index contributed by atoms with van der Waals surface area (Å²) in [6, 6.07) is 5.70. The maximum Gasteiger partial charge on any atom is 0.229 e. The lowest BCUT2D eigenvalue weighted by atomic mass is 9.92. The first kappa shape index (κ1) is 17.5. The summed E-state index contributed by atoms with van der Waals surface area (Å²) < 4.78 is 5.11. The Kier molecular flexibility index (Phi) is 5.77. The molecular formula is C18H26N2O3. The maximum atomic E-state index is 12.3. The van der Waals surface area contributed by atoms with Crippen LogP contribution in [0.25, 0.3) is 0 Å². The summed E-state index contributed by atoms with van der Waals surface area (Å²) in [5, 5.41) is 2.99. The number of ether oxygens (including phenoxy) is 1. The average Bonchev–Trinajstić information content (AvgIpc) is 2.56. The zero-order valence-corrected chi connectivity index (χ0v) is 14.4. The maximum absolute atomic E-state index is 12.3. The largest absolute Gasteiger partial charge is 0.364 e. The summed E-state index contributed by atoms with van der Waals surface area (Å²) >= 11 is 0. The van der Waals surface area contributed by atoms with Crippen LogP contribution in [-0.4, -0.2) is 25.7 Å². The Labute approximate surface area is 138 Å². The molecule has 126 valence electrons. The predicted octanol–water partition coefficient (Wildman–Crippen LogP) is 3.19. The fourth-order valence-electron chi connectivity index (χ4n) is 2.78. The zero-order valence-electron chi connectivity index (χ0n) is 14.4. The molecule has 0 aliphatic carbocycles. The number of amides is 2. The first-order valence-corrected chi connectivity index (χ1v) is 8.21. The Morgan fingerprint density at radius 1 is 1.35 bits per heavy atom. The highest BCUT2D eigenvalue weighted by Gasteiger charge is 2.25. The molecule has 0 bridgehead atoms. The van der Waals surface area contributed by atoms with Crippen molar-refractivity contribution >= 4 is 23.2 Å². The molecule has 0 fully saturated rings. The standard InChI is InChI=1S/C18H26N2O3/c1-5-12(2)13(3)18(22)19-15-7-8-16-14(10-15)6-9-17(21)20(16)11-23-4/h7-8,10,12-13H,5-6,9,11H2,1-4H3,(H,19,22)/t12-,13+/m1/s1. The topological polar surface area (TPSA) is 58.6 Å². The van der Waals surface area contributed by atoms with Gasteiger partial charge in [0.15, 0.2) is 0 Å². The Hall–Kier alpha value is -1.88. The first-order chi connectivity index (χ1) is 11.0. The molecule has 0 radical (unpaired) electrons. The van der Waals surface area contributed by atoms with Gasteiger partial charge in [-0.05, 0) is 36.1 Å². The van der Waals surface area contributed by atoms with E-state index in [-0.39, 0.29) is 24.5 Å². The van der Waals surface area contributed by atoms with Gasteiger partial charge < -0.3 is 10.1 Å². The van der Waals surface area contributed by atoms with Gasteiger partial charge in [0.1, 0.15) is 6.73 Å². The van der Waals surface area contributed by atoms with Gasteiger partial charge in [-0.1, -0.05) is 27.2 Å². The summed E-state index contributed by atoms with van der Waals surface area (Å²) in [4.78, 5) is 25.9. The number of fused-ring (bicyclic) bond motifs is 1. The third kappa shape index (κ3) is 3.91. The van der Waals surface area contributed by atoms with Gasteiger partial charge >= 0.3 is 0 Å². The lowest BCUT2D eigenvalue weighted by molar-refractivity contribution is -0.121. The van der Waals surface area contributed by atoms with Crippen LogP contribution in [0.3, 0.4) is 0 Å². The second kappa shape index (κ2) is 7.59. The van der Waals surface area contributed by atoms with E-state index in [0.29, 0.717) is 18.8 Å². The second-order valence-electron chi connectivity index (χ2n) is 6.25. The molecule has 2 atom stereocenters. The van der Waals surface area contributed by atoms with Crippen molar-refractivity contribution in [2.75, 3.05) is 24.1 Å². The van der Waals surface area contributed by atoms with E-state index in [1.54, 1.807) is 12.0 Å². The number of nitrogens with zero attached hydrogens (tertiary/aromatic N) is 1. The molecule has 1 aliphatic heterocycles. The number of methoxy groups -OCH3 is 1. The van der Waals surface area contributed by atoms with Gasteiger partial charge in [0.05, 0.1) is 0 Å². The molecule has 1 aromatic rings. The third-order valence-corrected chi connectivity index (χ3v) is 4.72. The van der Waals surface area contributed by atoms with Gasteiger partial charge in [0, 0.05) is 30.8 Å². The lowest BCUT2D eigenvalue weighted by Crippen LogP contribution is -2.36. The number of carbonyl (C=O) groups excluding carboxylic acids is 2. The molecule has 0 aromatic heterocycles. The lowest BCUT2D eigenvalue weighted by Gasteiger charge is -2.29. The molecule has 0 unspecified atom stereocenters. The first-order valence-electron chi connectivity index (χ1n) is 8.21. The van der Waals surface area contributed by atoms with E-state index < -0.39 is 0 Å². The Morgan fingerprint density at radius 2 is 2.09 bits per heavy atom. The van der Waals surface area contributed by atoms with Gasteiger partial charge in [-0.15, -0.1) is 0 Å². The molecule has 2 amide bonds. The van der Waals surface area contributed by atoms with Gasteiger partial charge in [0.25, 0.3) is 0 Å². The number of hydrogen-bond donors (Lipinski definition) is 1. The van der Waals surface area contributed by atoms with Crippen molar-refractivity contribution < 1.29 is 14.3 Å². The number of hydrogen-bond acceptors (Lipinski definition) is 3. The van der Waals surface area contributed by atoms with Crippen LogP contribution in [0.2, 0.25) is 0 Å². The highest BCUT2D eigenvalue weighted by molar-refractivity contribution is 5.97. The van der Waals surface area contributed by atoms with Gasteiger partial charge in [-0.25, -0.2) is 0 Å². The van der Waals surface area contributed by atoms with Crippen LogP contribution in [0.15, 0.2) is 18.2 Å². The van der Waals surface area contributed by atoms with Crippen molar-refractivity contribution in [3.63, 3.8) is 0 Å². The molecule has 1 aliphatic rings. The van der Waals surface area contributed by atoms with E-state index in [0.717, 1.165) is 23.4 Å². The SMILES string of the molecule is CC[C@@H](C)[C@H](C)C(=O)Nc1ccc2c(c1)CCC(=O)N2COC. The quantitative estimate of drug-likeness (QED) is 0.876. The Morgan fingerprint density at radius 3 is 2.74 bits per heavy atom. The van der Waals surface area contributed by atoms with Gasteiger partial charge in [-0.2, -0.15) is 0 Å². The van der Waals surface area contributed by atoms with Crippen LogP contribution < -0.4 is 10.2 Å². The summed E-state index contributed by atoms with van der Waals surface area (Å²) in [6.07, 6.45) is 2.14. The monoisotopic (exact) mass is 318 g/mol. The smallest absolute Gasteiger partial charge is 0.229 e. The van der Waals surface area contributed by atoms with Crippen molar-refractivity contribution in [1.29, 1.82) is 0 Å². The molecule has 23 heavy (non-hydrogen) atoms. The molecule has 5 heteroatoms. The minimum atomic E-state index is -0.0254. The van der Waals surface area contributed by atoms with Crippen LogP contribution in [0.1, 0.15) is 39.2 Å². The molecule has 1 aromatic carbocycles. The van der Waals surface area contributed by atoms with E-state index >= 15 is 0 Å². The zero-order chi connectivity index (χ0) is 17.0. The van der Waals surface area contributed by atoms with Crippen LogP contribution in [0.4, 0.5) is 11.4 Å². The highest BCUT2D eigenvalue weighted by atomic mass is 16.5. The van der Waals surface area contributed by atoms with Gasteiger partial charge in [-0.3, -0.25) is 14.5 Å². The van der Waals surface area contributed by atoms with E-state index in [1.807, 2.05) is 25.1 Å². The molecule has 0 saturated heterocycles. The Balaban J connectivity index is 2.15. The van der Waals surface area contributed by atoms with Crippen LogP contribution in [0.5, 0.6) is 0 Å². The summed E-state index contributed by atoms with van der Waals surface area (Å²) in [5.41, 5.74) is 2.72. The molecule has 5 nitrogen and oxygen atoms in total. The number of anilines is 2. The highest BCUT2D eigenvalue weighted by Crippen LogP contribution is 2.30. The van der Waals surface area contributed by atoms with Crippen LogP contribution >= 0.6 is 0 Å². The summed E-state index contributed by atoms with van der Waals surface area (Å²) in [5.74, 6) is 0.437. The van der Waals surface area contributed by atoms with E-state index in [1.165, 1.54) is 0 Å². The number of benzene rings is 1. The minimum absolute atomic E-state index is 0.0254. The van der Waals surface area contributed by atoms with Gasteiger partial charge in [0.2, 0.25) is 11.8 Å².